The molecule has 0 aliphatic rings. The fourth-order valence-electron chi connectivity index (χ4n) is 1.72. The lowest BCUT2D eigenvalue weighted by Crippen LogP contribution is -2.10. The number of hydrogen-bond donors (Lipinski definition) is 1. The molecule has 0 fully saturated rings. The molecule has 0 bridgehead atoms. The van der Waals surface area contributed by atoms with E-state index < -0.39 is 0 Å². The molecular weight excluding hydrogens is 250 g/mol. The van der Waals surface area contributed by atoms with Crippen LogP contribution in [0.3, 0.4) is 0 Å². The highest BCUT2D eigenvalue weighted by atomic mass is 35.5. The second-order valence-corrected chi connectivity index (χ2v) is 4.73. The van der Waals surface area contributed by atoms with Crippen LogP contribution in [0.2, 0.25) is 5.02 Å². The molecule has 1 aromatic heterocycles. The number of ether oxygens (including phenoxy) is 1. The Hall–Kier alpha value is -1.68. The van der Waals surface area contributed by atoms with Gasteiger partial charge in [-0.25, -0.2) is 0 Å². The van der Waals surface area contributed by atoms with Crippen molar-refractivity contribution in [2.24, 2.45) is 0 Å². The Kier molecular flexibility index (Phi) is 3.77. The first-order valence-electron chi connectivity index (χ1n) is 5.79. The van der Waals surface area contributed by atoms with Gasteiger partial charge in [-0.05, 0) is 26.0 Å². The van der Waals surface area contributed by atoms with Gasteiger partial charge in [0.15, 0.2) is 0 Å². The van der Waals surface area contributed by atoms with Crippen molar-refractivity contribution in [3.63, 3.8) is 0 Å². The van der Waals surface area contributed by atoms with Crippen LogP contribution in [0.4, 0.5) is 5.82 Å². The van der Waals surface area contributed by atoms with Crippen LogP contribution >= 0.6 is 11.6 Å². The summed E-state index contributed by atoms with van der Waals surface area (Å²) in [6, 6.07) is 9.44. The maximum absolute atomic E-state index is 6.03. The molecule has 2 N–H and O–H groups in total. The number of rotatable bonds is 4. The zero-order chi connectivity index (χ0) is 13.1. The van der Waals surface area contributed by atoms with Gasteiger partial charge in [0, 0.05) is 12.1 Å². The summed E-state index contributed by atoms with van der Waals surface area (Å²) in [6.45, 7) is 4.49. The first-order valence-corrected chi connectivity index (χ1v) is 6.17. The van der Waals surface area contributed by atoms with Gasteiger partial charge in [-0.1, -0.05) is 23.7 Å². The lowest BCUT2D eigenvalue weighted by atomic mass is 10.3. The minimum absolute atomic E-state index is 0.243. The SMILES string of the molecule is CC(C)n1nc(N)cc1COc1ccccc1Cl. The summed E-state index contributed by atoms with van der Waals surface area (Å²) in [7, 11) is 0. The van der Waals surface area contributed by atoms with E-state index in [2.05, 4.69) is 5.10 Å². The smallest absolute Gasteiger partial charge is 0.145 e. The average molecular weight is 266 g/mol. The summed E-state index contributed by atoms with van der Waals surface area (Å²) in [4.78, 5) is 0. The van der Waals surface area contributed by atoms with E-state index in [0.29, 0.717) is 23.2 Å². The molecule has 1 heterocycles. The van der Waals surface area contributed by atoms with Crippen LogP contribution < -0.4 is 10.5 Å². The highest BCUT2D eigenvalue weighted by Gasteiger charge is 2.10. The van der Waals surface area contributed by atoms with Gasteiger partial charge in [-0.15, -0.1) is 0 Å². The van der Waals surface area contributed by atoms with Crippen LogP contribution in [0.1, 0.15) is 25.6 Å². The molecule has 96 valence electrons. The van der Waals surface area contributed by atoms with Crippen molar-refractivity contribution >= 4 is 17.4 Å². The van der Waals surface area contributed by atoms with E-state index in [9.17, 15) is 0 Å². The number of anilines is 1. The molecular formula is C13H16ClN3O. The Bertz CT molecular complexity index is 537. The third kappa shape index (κ3) is 2.76. The molecule has 0 aliphatic carbocycles. The van der Waals surface area contributed by atoms with Crippen LogP contribution in [-0.4, -0.2) is 9.78 Å². The van der Waals surface area contributed by atoms with Crippen LogP contribution in [0.15, 0.2) is 30.3 Å². The van der Waals surface area contributed by atoms with Crippen molar-refractivity contribution in [3.05, 3.63) is 41.0 Å². The van der Waals surface area contributed by atoms with Gasteiger partial charge in [0.1, 0.15) is 18.2 Å². The Balaban J connectivity index is 2.13. The fourth-order valence-corrected chi connectivity index (χ4v) is 1.91. The summed E-state index contributed by atoms with van der Waals surface area (Å²) in [5, 5.41) is 4.82. The van der Waals surface area contributed by atoms with E-state index in [1.54, 1.807) is 6.07 Å². The molecule has 1 aromatic carbocycles. The molecule has 0 aliphatic heterocycles. The molecule has 2 aromatic rings. The van der Waals surface area contributed by atoms with E-state index >= 15 is 0 Å². The highest BCUT2D eigenvalue weighted by molar-refractivity contribution is 6.32. The number of para-hydroxylation sites is 1. The number of benzene rings is 1. The largest absolute Gasteiger partial charge is 0.486 e. The quantitative estimate of drug-likeness (QED) is 0.923. The van der Waals surface area contributed by atoms with E-state index in [-0.39, 0.29) is 6.04 Å². The molecule has 18 heavy (non-hydrogen) atoms. The average Bonchev–Trinajstić information content (AvgIpc) is 2.70. The minimum atomic E-state index is 0.243. The van der Waals surface area contributed by atoms with E-state index in [1.807, 2.05) is 42.8 Å². The molecule has 0 saturated carbocycles. The number of nitrogens with zero attached hydrogens (tertiary/aromatic N) is 2. The number of nitrogen functional groups attached to an aromatic ring is 1. The van der Waals surface area contributed by atoms with Crippen molar-refractivity contribution in [1.82, 2.24) is 9.78 Å². The van der Waals surface area contributed by atoms with Gasteiger partial charge in [-0.2, -0.15) is 5.10 Å². The lowest BCUT2D eigenvalue weighted by Gasteiger charge is -2.12. The summed E-state index contributed by atoms with van der Waals surface area (Å²) < 4.78 is 7.53. The fraction of sp³-hybridized carbons (Fsp3) is 0.308. The molecule has 2 rings (SSSR count). The van der Waals surface area contributed by atoms with Gasteiger partial charge in [0.25, 0.3) is 0 Å². The Morgan fingerprint density at radius 1 is 1.39 bits per heavy atom. The lowest BCUT2D eigenvalue weighted by molar-refractivity contribution is 0.288. The minimum Gasteiger partial charge on any atom is -0.486 e. The van der Waals surface area contributed by atoms with Crippen LogP contribution in [0.25, 0.3) is 0 Å². The van der Waals surface area contributed by atoms with Crippen molar-refractivity contribution in [2.45, 2.75) is 26.5 Å². The topological polar surface area (TPSA) is 53.1 Å². The van der Waals surface area contributed by atoms with Gasteiger partial charge < -0.3 is 10.5 Å². The zero-order valence-corrected chi connectivity index (χ0v) is 11.2. The summed E-state index contributed by atoms with van der Waals surface area (Å²) in [5.41, 5.74) is 6.64. The van der Waals surface area contributed by atoms with E-state index in [4.69, 9.17) is 22.1 Å². The molecule has 4 nitrogen and oxygen atoms in total. The normalized spacial score (nSPS) is 10.9. The second-order valence-electron chi connectivity index (χ2n) is 4.32. The molecule has 0 spiro atoms. The number of nitrogens with two attached hydrogens (primary N) is 1. The van der Waals surface area contributed by atoms with Crippen LogP contribution in [-0.2, 0) is 6.61 Å². The zero-order valence-electron chi connectivity index (χ0n) is 10.4. The van der Waals surface area contributed by atoms with Crippen LogP contribution in [0, 0.1) is 0 Å². The predicted octanol–water partition coefficient (Wildman–Crippen LogP) is 3.28. The monoisotopic (exact) mass is 265 g/mol. The molecule has 0 amide bonds. The molecule has 5 heteroatoms. The number of aromatic nitrogens is 2. The second kappa shape index (κ2) is 5.31. The molecule has 0 atom stereocenters. The molecule has 0 unspecified atom stereocenters. The maximum Gasteiger partial charge on any atom is 0.145 e. The Morgan fingerprint density at radius 3 is 2.78 bits per heavy atom. The Morgan fingerprint density at radius 2 is 2.11 bits per heavy atom. The van der Waals surface area contributed by atoms with Gasteiger partial charge in [-0.3, -0.25) is 4.68 Å². The van der Waals surface area contributed by atoms with Crippen molar-refractivity contribution in [2.75, 3.05) is 5.73 Å². The first kappa shape index (κ1) is 12.8. The summed E-state index contributed by atoms with van der Waals surface area (Å²) in [6.07, 6.45) is 0. The maximum atomic E-state index is 6.03. The van der Waals surface area contributed by atoms with E-state index in [0.717, 1.165) is 5.69 Å². The van der Waals surface area contributed by atoms with E-state index in [1.165, 1.54) is 0 Å². The number of halogens is 1. The molecule has 0 saturated heterocycles. The molecule has 0 radical (unpaired) electrons. The predicted molar refractivity (Wildman–Crippen MR) is 72.8 cm³/mol. The number of hydrogen-bond acceptors (Lipinski definition) is 3. The first-order chi connectivity index (χ1) is 8.58. The third-order valence-electron chi connectivity index (χ3n) is 2.53. The Labute approximate surface area is 111 Å². The van der Waals surface area contributed by atoms with Gasteiger partial charge >= 0.3 is 0 Å². The standard InChI is InChI=1S/C13H16ClN3O/c1-9(2)17-10(7-13(15)16-17)8-18-12-6-4-3-5-11(12)14/h3-7,9H,8H2,1-2H3,(H2,15,16). The van der Waals surface area contributed by atoms with Crippen LogP contribution in [0.5, 0.6) is 5.75 Å². The van der Waals surface area contributed by atoms with Crippen molar-refractivity contribution < 1.29 is 4.74 Å². The van der Waals surface area contributed by atoms with Gasteiger partial charge in [0.2, 0.25) is 0 Å². The van der Waals surface area contributed by atoms with Crippen molar-refractivity contribution in [1.29, 1.82) is 0 Å². The highest BCUT2D eigenvalue weighted by Crippen LogP contribution is 2.24. The third-order valence-corrected chi connectivity index (χ3v) is 2.85. The van der Waals surface area contributed by atoms with Gasteiger partial charge in [0.05, 0.1) is 10.7 Å². The van der Waals surface area contributed by atoms with Crippen molar-refractivity contribution in [3.8, 4) is 5.75 Å². The summed E-state index contributed by atoms with van der Waals surface area (Å²) in [5.74, 6) is 1.16. The summed E-state index contributed by atoms with van der Waals surface area (Å²) >= 11 is 6.03.